The molecule has 9 heteroatoms. The molecule has 0 atom stereocenters. The van der Waals surface area contributed by atoms with Crippen LogP contribution in [0.3, 0.4) is 0 Å². The summed E-state index contributed by atoms with van der Waals surface area (Å²) in [4.78, 5) is 10.8. The lowest BCUT2D eigenvalue weighted by Gasteiger charge is -2.21. The van der Waals surface area contributed by atoms with Crippen LogP contribution in [0.25, 0.3) is 6.08 Å². The van der Waals surface area contributed by atoms with E-state index in [0.29, 0.717) is 6.07 Å². The van der Waals surface area contributed by atoms with Gasteiger partial charge in [-0.3, -0.25) is 0 Å². The van der Waals surface area contributed by atoms with E-state index in [2.05, 4.69) is 9.46 Å². The van der Waals surface area contributed by atoms with E-state index in [4.69, 9.17) is 0 Å². The maximum atomic E-state index is 12.9. The Balaban J connectivity index is 3.45. The normalized spacial score (nSPS) is 13.2. The highest BCUT2D eigenvalue weighted by atomic mass is 32.2. The van der Waals surface area contributed by atoms with Gasteiger partial charge in [0.15, 0.2) is 0 Å². The van der Waals surface area contributed by atoms with Crippen molar-refractivity contribution < 1.29 is 31.1 Å². The van der Waals surface area contributed by atoms with Gasteiger partial charge in [0.2, 0.25) is 10.0 Å². The molecule has 0 bridgehead atoms. The molecule has 0 aliphatic rings. The molecule has 1 aromatic carbocycles. The van der Waals surface area contributed by atoms with E-state index in [-0.39, 0.29) is 12.2 Å². The first-order valence-corrected chi connectivity index (χ1v) is 8.84. The summed E-state index contributed by atoms with van der Waals surface area (Å²) < 4.78 is 70.8. The molecule has 0 radical (unpaired) electrons. The van der Waals surface area contributed by atoms with Crippen LogP contribution in [-0.4, -0.2) is 26.5 Å². The number of hydrogen-bond acceptors (Lipinski definition) is 4. The summed E-state index contributed by atoms with van der Waals surface area (Å²) in [5, 5.41) is 0. The molecule has 25 heavy (non-hydrogen) atoms. The van der Waals surface area contributed by atoms with E-state index in [1.54, 1.807) is 27.7 Å². The van der Waals surface area contributed by atoms with Crippen molar-refractivity contribution in [2.45, 2.75) is 44.3 Å². The van der Waals surface area contributed by atoms with Crippen LogP contribution >= 0.6 is 0 Å². The summed E-state index contributed by atoms with van der Waals surface area (Å²) in [7, 11) is -4.24. The standard InChI is InChI=1S/C16H20F3NO4S/c1-5-24-14(21)9-7-11-6-8-12(16(17,18)19)10-13(11)25(22,23)20-15(2,3)4/h6-10,20H,5H2,1-4H3/b9-7+. The summed E-state index contributed by atoms with van der Waals surface area (Å²) in [6.07, 6.45) is -2.63. The second-order valence-electron chi connectivity index (χ2n) is 6.19. The predicted octanol–water partition coefficient (Wildman–Crippen LogP) is 3.36. The molecule has 0 heterocycles. The fourth-order valence-corrected chi connectivity index (χ4v) is 3.53. The monoisotopic (exact) mass is 379 g/mol. The smallest absolute Gasteiger partial charge is 0.416 e. The highest BCUT2D eigenvalue weighted by molar-refractivity contribution is 7.89. The summed E-state index contributed by atoms with van der Waals surface area (Å²) >= 11 is 0. The Morgan fingerprint density at radius 3 is 2.32 bits per heavy atom. The first-order valence-electron chi connectivity index (χ1n) is 7.36. The molecule has 0 aliphatic heterocycles. The van der Waals surface area contributed by atoms with Gasteiger partial charge < -0.3 is 4.74 Å². The molecule has 0 fully saturated rings. The van der Waals surface area contributed by atoms with Gasteiger partial charge in [-0.15, -0.1) is 0 Å². The molecule has 5 nitrogen and oxygen atoms in total. The molecule has 0 aromatic heterocycles. The summed E-state index contributed by atoms with van der Waals surface area (Å²) in [6.45, 7) is 6.39. The molecule has 0 saturated carbocycles. The Morgan fingerprint density at radius 2 is 1.84 bits per heavy atom. The fourth-order valence-electron chi connectivity index (χ4n) is 1.89. The van der Waals surface area contributed by atoms with E-state index < -0.39 is 38.2 Å². The third kappa shape index (κ3) is 6.50. The number of halogens is 3. The number of carbonyl (C=O) groups is 1. The van der Waals surface area contributed by atoms with E-state index in [1.165, 1.54) is 0 Å². The molecule has 1 rings (SSSR count). The van der Waals surface area contributed by atoms with Crippen LogP contribution in [0.1, 0.15) is 38.8 Å². The Morgan fingerprint density at radius 1 is 1.24 bits per heavy atom. The lowest BCUT2D eigenvalue weighted by Crippen LogP contribution is -2.40. The third-order valence-corrected chi connectivity index (χ3v) is 4.57. The van der Waals surface area contributed by atoms with Crippen LogP contribution in [0.2, 0.25) is 0 Å². The zero-order valence-electron chi connectivity index (χ0n) is 14.3. The molecule has 1 N–H and O–H groups in total. The second-order valence-corrected chi connectivity index (χ2v) is 7.84. The molecule has 0 aliphatic carbocycles. The molecule has 1 aromatic rings. The Labute approximate surface area is 144 Å². The minimum absolute atomic E-state index is 0.0576. The number of rotatable bonds is 5. The molecule has 140 valence electrons. The van der Waals surface area contributed by atoms with Crippen molar-refractivity contribution in [2.75, 3.05) is 6.61 Å². The number of alkyl halides is 3. The minimum atomic E-state index is -4.70. The average molecular weight is 379 g/mol. The van der Waals surface area contributed by atoms with Crippen molar-refractivity contribution in [3.63, 3.8) is 0 Å². The minimum Gasteiger partial charge on any atom is -0.463 e. The largest absolute Gasteiger partial charge is 0.463 e. The molecule has 0 unspecified atom stereocenters. The number of esters is 1. The van der Waals surface area contributed by atoms with Crippen LogP contribution in [0.4, 0.5) is 13.2 Å². The lowest BCUT2D eigenvalue weighted by atomic mass is 10.1. The van der Waals surface area contributed by atoms with Crippen molar-refractivity contribution in [3.05, 3.63) is 35.4 Å². The van der Waals surface area contributed by atoms with Crippen molar-refractivity contribution in [3.8, 4) is 0 Å². The number of nitrogens with one attached hydrogen (secondary N) is 1. The van der Waals surface area contributed by atoms with Crippen LogP contribution in [0.15, 0.2) is 29.2 Å². The first kappa shape index (κ1) is 21.2. The number of carbonyl (C=O) groups excluding carboxylic acids is 1. The molecular weight excluding hydrogens is 359 g/mol. The highest BCUT2D eigenvalue weighted by Gasteiger charge is 2.33. The first-order chi connectivity index (χ1) is 11.3. The van der Waals surface area contributed by atoms with Crippen molar-refractivity contribution in [1.29, 1.82) is 0 Å². The summed E-state index contributed by atoms with van der Waals surface area (Å²) in [6, 6.07) is 2.29. The second kappa shape index (κ2) is 7.57. The van der Waals surface area contributed by atoms with Gasteiger partial charge in [-0.05, 0) is 51.5 Å². The highest BCUT2D eigenvalue weighted by Crippen LogP contribution is 2.32. The lowest BCUT2D eigenvalue weighted by molar-refractivity contribution is -0.138. The van der Waals surface area contributed by atoms with Crippen molar-refractivity contribution in [1.82, 2.24) is 4.72 Å². The maximum absolute atomic E-state index is 12.9. The number of hydrogen-bond donors (Lipinski definition) is 1. The summed E-state index contributed by atoms with van der Waals surface area (Å²) in [5.74, 6) is -0.727. The number of benzene rings is 1. The zero-order chi connectivity index (χ0) is 19.5. The third-order valence-electron chi connectivity index (χ3n) is 2.76. The van der Waals surface area contributed by atoms with Crippen LogP contribution in [0.5, 0.6) is 0 Å². The van der Waals surface area contributed by atoms with Crippen LogP contribution in [0, 0.1) is 0 Å². The Hall–Kier alpha value is -1.87. The summed E-state index contributed by atoms with van der Waals surface area (Å²) in [5.41, 5.74) is -2.05. The van der Waals surface area contributed by atoms with E-state index in [9.17, 15) is 26.4 Å². The molecule has 0 amide bonds. The molecular formula is C16H20F3NO4S. The van der Waals surface area contributed by atoms with E-state index in [1.807, 2.05) is 0 Å². The van der Waals surface area contributed by atoms with Gasteiger partial charge in [0.25, 0.3) is 0 Å². The molecule has 0 saturated heterocycles. The average Bonchev–Trinajstić information content (AvgIpc) is 2.41. The SMILES string of the molecule is CCOC(=O)/C=C/c1ccc(C(F)(F)F)cc1S(=O)(=O)NC(C)(C)C. The maximum Gasteiger partial charge on any atom is 0.416 e. The topological polar surface area (TPSA) is 72.5 Å². The van der Waals surface area contributed by atoms with Gasteiger partial charge in [-0.25, -0.2) is 17.9 Å². The molecule has 0 spiro atoms. The van der Waals surface area contributed by atoms with Gasteiger partial charge in [-0.2, -0.15) is 13.2 Å². The van der Waals surface area contributed by atoms with Crippen LogP contribution in [-0.2, 0) is 25.7 Å². The predicted molar refractivity (Wildman–Crippen MR) is 87.2 cm³/mol. The van der Waals surface area contributed by atoms with Gasteiger partial charge in [-0.1, -0.05) is 6.07 Å². The van der Waals surface area contributed by atoms with Gasteiger partial charge in [0.05, 0.1) is 17.1 Å². The van der Waals surface area contributed by atoms with Crippen molar-refractivity contribution >= 4 is 22.1 Å². The number of ether oxygens (including phenoxy) is 1. The number of sulfonamides is 1. The Bertz CT molecular complexity index is 763. The van der Waals surface area contributed by atoms with E-state index >= 15 is 0 Å². The van der Waals surface area contributed by atoms with E-state index in [0.717, 1.165) is 24.3 Å². The van der Waals surface area contributed by atoms with Gasteiger partial charge in [0, 0.05) is 11.6 Å². The fraction of sp³-hybridized carbons (Fsp3) is 0.438. The van der Waals surface area contributed by atoms with Gasteiger partial charge >= 0.3 is 12.1 Å². The van der Waals surface area contributed by atoms with Crippen molar-refractivity contribution in [2.24, 2.45) is 0 Å². The van der Waals surface area contributed by atoms with Gasteiger partial charge in [0.1, 0.15) is 0 Å². The Kier molecular flexibility index (Phi) is 6.41. The quantitative estimate of drug-likeness (QED) is 0.629. The van der Waals surface area contributed by atoms with Crippen LogP contribution < -0.4 is 4.72 Å². The zero-order valence-corrected chi connectivity index (χ0v) is 15.1.